The Kier molecular flexibility index (Phi) is 7.00. The maximum Gasteiger partial charge on any atom is 0.341 e. The highest BCUT2D eigenvalue weighted by Crippen LogP contribution is 2.44. The number of hydrogen-bond acceptors (Lipinski definition) is 4. The lowest BCUT2D eigenvalue weighted by molar-refractivity contribution is 0.0526. The third kappa shape index (κ3) is 5.10. The SMILES string of the molecule is CCOC(=O)c1c(NC(=O)Nc2ccc(Cl)c(Cl)c2)sc2c1CC[C@@H](C(C)(C)C)C2. The van der Waals surface area contributed by atoms with Crippen LogP contribution in [0.15, 0.2) is 18.2 Å². The van der Waals surface area contributed by atoms with Gasteiger partial charge in [-0.15, -0.1) is 11.3 Å². The third-order valence-corrected chi connectivity index (χ3v) is 7.28. The zero-order valence-corrected chi connectivity index (χ0v) is 19.9. The van der Waals surface area contributed by atoms with Crippen LogP contribution in [0.4, 0.5) is 15.5 Å². The van der Waals surface area contributed by atoms with Crippen molar-refractivity contribution in [1.82, 2.24) is 0 Å². The third-order valence-electron chi connectivity index (χ3n) is 5.37. The number of rotatable bonds is 4. The number of ether oxygens (including phenoxy) is 1. The fourth-order valence-corrected chi connectivity index (χ4v) is 5.28. The average molecular weight is 469 g/mol. The van der Waals surface area contributed by atoms with E-state index in [0.717, 1.165) is 29.7 Å². The Bertz CT molecular complexity index is 966. The molecule has 162 valence electrons. The first-order valence-corrected chi connectivity index (χ1v) is 11.5. The summed E-state index contributed by atoms with van der Waals surface area (Å²) < 4.78 is 5.28. The number of amides is 2. The van der Waals surface area contributed by atoms with E-state index in [4.69, 9.17) is 27.9 Å². The molecule has 0 radical (unpaired) electrons. The molecule has 1 atom stereocenters. The fraction of sp³-hybridized carbons (Fsp3) is 0.455. The number of benzene rings is 1. The molecular formula is C22H26Cl2N2O3S. The number of carbonyl (C=O) groups excluding carboxylic acids is 2. The van der Waals surface area contributed by atoms with Crippen LogP contribution in [0.1, 0.15) is 54.9 Å². The summed E-state index contributed by atoms with van der Waals surface area (Å²) in [6.07, 6.45) is 2.71. The minimum absolute atomic E-state index is 0.185. The first kappa shape index (κ1) is 22.9. The average Bonchev–Trinajstić information content (AvgIpc) is 3.01. The number of halogens is 2. The maximum absolute atomic E-state index is 12.7. The molecule has 1 heterocycles. The summed E-state index contributed by atoms with van der Waals surface area (Å²) in [7, 11) is 0. The molecule has 0 unspecified atom stereocenters. The second-order valence-corrected chi connectivity index (χ2v) is 10.4. The standard InChI is InChI=1S/C22H26Cl2N2O3S/c1-5-29-20(27)18-14-8-6-12(22(2,3)4)10-17(14)30-19(18)26-21(28)25-13-7-9-15(23)16(24)11-13/h7,9,11-12H,5-6,8,10H2,1-4H3,(H2,25,26,28)/t12-/m1/s1. The minimum atomic E-state index is -0.454. The van der Waals surface area contributed by atoms with Crippen molar-refractivity contribution < 1.29 is 14.3 Å². The van der Waals surface area contributed by atoms with E-state index in [9.17, 15) is 9.59 Å². The monoisotopic (exact) mass is 468 g/mol. The summed E-state index contributed by atoms with van der Waals surface area (Å²) in [5.74, 6) is 0.130. The van der Waals surface area contributed by atoms with Crippen LogP contribution in [-0.2, 0) is 17.6 Å². The Labute approximate surface area is 191 Å². The van der Waals surface area contributed by atoms with Crippen molar-refractivity contribution in [2.45, 2.75) is 47.0 Å². The Morgan fingerprint density at radius 3 is 2.57 bits per heavy atom. The molecule has 0 aliphatic heterocycles. The molecule has 1 aromatic carbocycles. The van der Waals surface area contributed by atoms with Gasteiger partial charge in [0.1, 0.15) is 5.00 Å². The van der Waals surface area contributed by atoms with E-state index in [1.54, 1.807) is 25.1 Å². The van der Waals surface area contributed by atoms with Gasteiger partial charge in [0, 0.05) is 10.6 Å². The van der Waals surface area contributed by atoms with Crippen molar-refractivity contribution in [2.24, 2.45) is 11.3 Å². The molecule has 2 N–H and O–H groups in total. The van der Waals surface area contributed by atoms with E-state index in [2.05, 4.69) is 31.4 Å². The van der Waals surface area contributed by atoms with Gasteiger partial charge in [-0.25, -0.2) is 9.59 Å². The van der Waals surface area contributed by atoms with Gasteiger partial charge in [0.05, 0.1) is 22.2 Å². The largest absolute Gasteiger partial charge is 0.462 e. The molecule has 2 amide bonds. The van der Waals surface area contributed by atoms with Crippen LogP contribution >= 0.6 is 34.5 Å². The normalized spacial score (nSPS) is 16.0. The van der Waals surface area contributed by atoms with E-state index in [1.165, 1.54) is 11.3 Å². The number of urea groups is 1. The van der Waals surface area contributed by atoms with Gasteiger partial charge < -0.3 is 10.1 Å². The molecule has 0 fully saturated rings. The molecular weight excluding hydrogens is 443 g/mol. The van der Waals surface area contributed by atoms with Crippen LogP contribution in [-0.4, -0.2) is 18.6 Å². The molecule has 3 rings (SSSR count). The van der Waals surface area contributed by atoms with Gasteiger partial charge in [-0.05, 0) is 61.3 Å². The Hall–Kier alpha value is -1.76. The molecule has 0 spiro atoms. The summed E-state index contributed by atoms with van der Waals surface area (Å²) in [6, 6.07) is 4.39. The van der Waals surface area contributed by atoms with Gasteiger partial charge in [-0.1, -0.05) is 44.0 Å². The van der Waals surface area contributed by atoms with E-state index >= 15 is 0 Å². The predicted molar refractivity (Wildman–Crippen MR) is 124 cm³/mol. The Balaban J connectivity index is 1.86. The predicted octanol–water partition coefficient (Wildman–Crippen LogP) is 7.03. The highest BCUT2D eigenvalue weighted by Gasteiger charge is 2.34. The number of thiophene rings is 1. The first-order chi connectivity index (χ1) is 14.1. The lowest BCUT2D eigenvalue weighted by atomic mass is 9.72. The number of esters is 1. The van der Waals surface area contributed by atoms with Crippen LogP contribution < -0.4 is 10.6 Å². The smallest absolute Gasteiger partial charge is 0.341 e. The van der Waals surface area contributed by atoms with Gasteiger partial charge in [0.2, 0.25) is 0 Å². The number of nitrogens with one attached hydrogen (secondary N) is 2. The zero-order chi connectivity index (χ0) is 22.1. The second kappa shape index (κ2) is 9.16. The summed E-state index contributed by atoms with van der Waals surface area (Å²) in [5.41, 5.74) is 2.18. The zero-order valence-electron chi connectivity index (χ0n) is 17.5. The maximum atomic E-state index is 12.7. The Morgan fingerprint density at radius 1 is 1.20 bits per heavy atom. The molecule has 5 nitrogen and oxygen atoms in total. The highest BCUT2D eigenvalue weighted by atomic mass is 35.5. The van der Waals surface area contributed by atoms with Gasteiger partial charge in [-0.2, -0.15) is 0 Å². The molecule has 0 saturated heterocycles. The van der Waals surface area contributed by atoms with Gasteiger partial charge in [-0.3, -0.25) is 5.32 Å². The number of fused-ring (bicyclic) bond motifs is 1. The molecule has 1 aliphatic rings. The number of carbonyl (C=O) groups is 2. The number of anilines is 2. The molecule has 0 bridgehead atoms. The van der Waals surface area contributed by atoms with E-state index in [-0.39, 0.29) is 12.0 Å². The first-order valence-electron chi connectivity index (χ1n) is 9.94. The molecule has 1 aromatic heterocycles. The van der Waals surface area contributed by atoms with Crippen LogP contribution in [0.2, 0.25) is 10.0 Å². The van der Waals surface area contributed by atoms with Crippen molar-refractivity contribution in [1.29, 1.82) is 0 Å². The number of hydrogen-bond donors (Lipinski definition) is 2. The topological polar surface area (TPSA) is 67.4 Å². The Morgan fingerprint density at radius 2 is 1.93 bits per heavy atom. The molecule has 1 aliphatic carbocycles. The quantitative estimate of drug-likeness (QED) is 0.473. The summed E-state index contributed by atoms with van der Waals surface area (Å²) >= 11 is 13.4. The van der Waals surface area contributed by atoms with E-state index in [0.29, 0.717) is 32.2 Å². The molecule has 30 heavy (non-hydrogen) atoms. The summed E-state index contributed by atoms with van der Waals surface area (Å²) in [5, 5.41) is 6.84. The van der Waals surface area contributed by atoms with Crippen molar-refractivity contribution in [3.05, 3.63) is 44.2 Å². The summed E-state index contributed by atoms with van der Waals surface area (Å²) in [6.45, 7) is 8.78. The van der Waals surface area contributed by atoms with Crippen molar-refractivity contribution in [3.63, 3.8) is 0 Å². The highest BCUT2D eigenvalue weighted by molar-refractivity contribution is 7.17. The molecule has 0 saturated carbocycles. The van der Waals surface area contributed by atoms with Crippen LogP contribution in [0.25, 0.3) is 0 Å². The lowest BCUT2D eigenvalue weighted by Crippen LogP contribution is -2.26. The fourth-order valence-electron chi connectivity index (χ4n) is 3.67. The van der Waals surface area contributed by atoms with Gasteiger partial charge in [0.25, 0.3) is 0 Å². The van der Waals surface area contributed by atoms with Gasteiger partial charge >= 0.3 is 12.0 Å². The molecule has 2 aromatic rings. The lowest BCUT2D eigenvalue weighted by Gasteiger charge is -2.33. The van der Waals surface area contributed by atoms with Crippen LogP contribution in [0.3, 0.4) is 0 Å². The van der Waals surface area contributed by atoms with E-state index in [1.807, 2.05) is 0 Å². The molecule has 8 heteroatoms. The van der Waals surface area contributed by atoms with Crippen LogP contribution in [0, 0.1) is 11.3 Å². The van der Waals surface area contributed by atoms with Crippen molar-refractivity contribution >= 4 is 57.2 Å². The van der Waals surface area contributed by atoms with Crippen molar-refractivity contribution in [2.75, 3.05) is 17.2 Å². The van der Waals surface area contributed by atoms with Gasteiger partial charge in [0.15, 0.2) is 0 Å². The van der Waals surface area contributed by atoms with E-state index < -0.39 is 12.0 Å². The van der Waals surface area contributed by atoms with Crippen molar-refractivity contribution in [3.8, 4) is 0 Å². The van der Waals surface area contributed by atoms with Crippen LogP contribution in [0.5, 0.6) is 0 Å². The second-order valence-electron chi connectivity index (χ2n) is 8.44. The summed E-state index contributed by atoms with van der Waals surface area (Å²) in [4.78, 5) is 26.4. The minimum Gasteiger partial charge on any atom is -0.462 e.